The minimum Gasteiger partial charge on any atom is -0.285 e. The molecule has 2 N–H and O–H groups in total. The molecule has 0 radical (unpaired) electrons. The van der Waals surface area contributed by atoms with E-state index >= 15 is 0 Å². The van der Waals surface area contributed by atoms with Gasteiger partial charge in [-0.2, -0.15) is 5.10 Å². The third kappa shape index (κ3) is 5.32. The number of H-pyrrole nitrogens is 1. The number of nitrogens with zero attached hydrogens (tertiary/aromatic N) is 1. The lowest BCUT2D eigenvalue weighted by atomic mass is 9.94. The van der Waals surface area contributed by atoms with Crippen LogP contribution in [0.1, 0.15) is 45.7 Å². The second-order valence-corrected chi connectivity index (χ2v) is 7.37. The first-order valence-corrected chi connectivity index (χ1v) is 7.33. The molecule has 0 fully saturated rings. The Morgan fingerprint density at radius 3 is 2.59 bits per heavy atom. The van der Waals surface area contributed by atoms with Gasteiger partial charge in [0.2, 0.25) is 10.0 Å². The SMILES string of the molecule is CC(NS(=O)(=O)CCC(C)(C)C)c1cn[nH]c1. The first-order chi connectivity index (χ1) is 7.70. The van der Waals surface area contributed by atoms with Crippen LogP contribution < -0.4 is 4.72 Å². The van der Waals surface area contributed by atoms with Gasteiger partial charge in [-0.25, -0.2) is 13.1 Å². The minimum absolute atomic E-state index is 0.0215. The third-order valence-corrected chi connectivity index (χ3v) is 3.95. The van der Waals surface area contributed by atoms with Crippen molar-refractivity contribution in [1.29, 1.82) is 0 Å². The maximum absolute atomic E-state index is 11.8. The molecule has 1 aromatic heterocycles. The molecule has 0 saturated carbocycles. The van der Waals surface area contributed by atoms with E-state index in [-0.39, 0.29) is 17.2 Å². The summed E-state index contributed by atoms with van der Waals surface area (Å²) in [5, 5.41) is 6.47. The molecule has 0 aliphatic rings. The second-order valence-electron chi connectivity index (χ2n) is 5.50. The van der Waals surface area contributed by atoms with Crippen molar-refractivity contribution in [1.82, 2.24) is 14.9 Å². The summed E-state index contributed by atoms with van der Waals surface area (Å²) in [4.78, 5) is 0. The molecule has 0 amide bonds. The van der Waals surface area contributed by atoms with E-state index in [9.17, 15) is 8.42 Å². The summed E-state index contributed by atoms with van der Waals surface area (Å²) in [6.45, 7) is 7.89. The van der Waals surface area contributed by atoms with E-state index in [1.165, 1.54) is 0 Å². The average Bonchev–Trinajstić information content (AvgIpc) is 2.66. The first-order valence-electron chi connectivity index (χ1n) is 5.68. The Kier molecular flexibility index (Phi) is 4.32. The van der Waals surface area contributed by atoms with Crippen LogP contribution in [-0.4, -0.2) is 24.4 Å². The number of rotatable bonds is 5. The molecule has 0 aromatic carbocycles. The number of nitrogens with one attached hydrogen (secondary N) is 2. The summed E-state index contributed by atoms with van der Waals surface area (Å²) in [6.07, 6.45) is 3.95. The lowest BCUT2D eigenvalue weighted by Gasteiger charge is -2.19. The fourth-order valence-electron chi connectivity index (χ4n) is 1.33. The lowest BCUT2D eigenvalue weighted by Crippen LogP contribution is -2.30. The van der Waals surface area contributed by atoms with Crippen LogP contribution in [0.3, 0.4) is 0 Å². The summed E-state index contributed by atoms with van der Waals surface area (Å²) in [5.74, 6) is 0.151. The molecule has 0 saturated heterocycles. The Balaban J connectivity index is 2.55. The molecule has 1 atom stereocenters. The van der Waals surface area contributed by atoms with E-state index in [1.54, 1.807) is 19.3 Å². The Morgan fingerprint density at radius 2 is 2.12 bits per heavy atom. The molecular formula is C11H21N3O2S. The van der Waals surface area contributed by atoms with Gasteiger partial charge in [0, 0.05) is 17.8 Å². The highest BCUT2D eigenvalue weighted by Crippen LogP contribution is 2.20. The van der Waals surface area contributed by atoms with Crippen molar-refractivity contribution in [2.45, 2.75) is 40.2 Å². The molecule has 0 spiro atoms. The van der Waals surface area contributed by atoms with Crippen molar-refractivity contribution in [2.24, 2.45) is 5.41 Å². The molecule has 0 aliphatic carbocycles. The smallest absolute Gasteiger partial charge is 0.212 e. The highest BCUT2D eigenvalue weighted by molar-refractivity contribution is 7.89. The van der Waals surface area contributed by atoms with Crippen LogP contribution in [0.4, 0.5) is 0 Å². The van der Waals surface area contributed by atoms with Gasteiger partial charge >= 0.3 is 0 Å². The quantitative estimate of drug-likeness (QED) is 0.847. The molecule has 98 valence electrons. The molecule has 0 aliphatic heterocycles. The van der Waals surface area contributed by atoms with Gasteiger partial charge in [-0.1, -0.05) is 20.8 Å². The van der Waals surface area contributed by atoms with Crippen LogP contribution in [0.2, 0.25) is 0 Å². The molecule has 1 rings (SSSR count). The fraction of sp³-hybridized carbons (Fsp3) is 0.727. The molecule has 5 nitrogen and oxygen atoms in total. The van der Waals surface area contributed by atoms with Crippen molar-refractivity contribution < 1.29 is 8.42 Å². The Morgan fingerprint density at radius 1 is 1.47 bits per heavy atom. The molecule has 1 heterocycles. The van der Waals surface area contributed by atoms with Crippen LogP contribution in [0.15, 0.2) is 12.4 Å². The summed E-state index contributed by atoms with van der Waals surface area (Å²) in [6, 6.07) is -0.251. The highest BCUT2D eigenvalue weighted by atomic mass is 32.2. The average molecular weight is 259 g/mol. The molecule has 17 heavy (non-hydrogen) atoms. The van der Waals surface area contributed by atoms with Gasteiger partial charge in [0.25, 0.3) is 0 Å². The Hall–Kier alpha value is -0.880. The number of sulfonamides is 1. The maximum atomic E-state index is 11.8. The van der Waals surface area contributed by atoms with Crippen LogP contribution in [-0.2, 0) is 10.0 Å². The third-order valence-electron chi connectivity index (χ3n) is 2.50. The standard InChI is InChI=1S/C11H21N3O2S/c1-9(10-7-12-13-8-10)14-17(15,16)6-5-11(2,3)4/h7-9,14H,5-6H2,1-4H3,(H,12,13). The number of aromatic amines is 1. The van der Waals surface area contributed by atoms with E-state index in [1.807, 2.05) is 20.8 Å². The molecule has 0 bridgehead atoms. The predicted octanol–water partition coefficient (Wildman–Crippen LogP) is 1.83. The van der Waals surface area contributed by atoms with Crippen molar-refractivity contribution in [3.8, 4) is 0 Å². The second kappa shape index (κ2) is 5.18. The predicted molar refractivity (Wildman–Crippen MR) is 68.0 cm³/mol. The van der Waals surface area contributed by atoms with Crippen LogP contribution in [0.5, 0.6) is 0 Å². The van der Waals surface area contributed by atoms with Crippen molar-refractivity contribution in [3.63, 3.8) is 0 Å². The normalized spacial score (nSPS) is 14.8. The van der Waals surface area contributed by atoms with Crippen molar-refractivity contribution >= 4 is 10.0 Å². The number of aromatic nitrogens is 2. The van der Waals surface area contributed by atoms with Gasteiger partial charge in [-0.05, 0) is 18.8 Å². The monoisotopic (exact) mass is 259 g/mol. The Labute approximate surface area is 103 Å². The van der Waals surface area contributed by atoms with Crippen LogP contribution in [0, 0.1) is 5.41 Å². The van der Waals surface area contributed by atoms with Crippen molar-refractivity contribution in [2.75, 3.05) is 5.75 Å². The minimum atomic E-state index is -3.23. The van der Waals surface area contributed by atoms with E-state index in [0.29, 0.717) is 6.42 Å². The zero-order chi connectivity index (χ0) is 13.1. The molecule has 1 unspecified atom stereocenters. The van der Waals surface area contributed by atoms with Gasteiger partial charge in [0.15, 0.2) is 0 Å². The largest absolute Gasteiger partial charge is 0.285 e. The van der Waals surface area contributed by atoms with Gasteiger partial charge in [0.1, 0.15) is 0 Å². The van der Waals surface area contributed by atoms with Crippen LogP contribution >= 0.6 is 0 Å². The molecular weight excluding hydrogens is 238 g/mol. The fourth-order valence-corrected chi connectivity index (χ4v) is 3.01. The van der Waals surface area contributed by atoms with Gasteiger partial charge in [-0.3, -0.25) is 5.10 Å². The van der Waals surface area contributed by atoms with E-state index in [0.717, 1.165) is 5.56 Å². The lowest BCUT2D eigenvalue weighted by molar-refractivity contribution is 0.396. The number of hydrogen-bond donors (Lipinski definition) is 2. The maximum Gasteiger partial charge on any atom is 0.212 e. The first kappa shape index (κ1) is 14.2. The zero-order valence-corrected chi connectivity index (χ0v) is 11.6. The van der Waals surface area contributed by atoms with Gasteiger partial charge in [0.05, 0.1) is 11.9 Å². The highest BCUT2D eigenvalue weighted by Gasteiger charge is 2.20. The van der Waals surface area contributed by atoms with Gasteiger partial charge in [-0.15, -0.1) is 0 Å². The summed E-state index contributed by atoms with van der Waals surface area (Å²) in [7, 11) is -3.23. The zero-order valence-electron chi connectivity index (χ0n) is 10.8. The summed E-state index contributed by atoms with van der Waals surface area (Å²) < 4.78 is 26.3. The summed E-state index contributed by atoms with van der Waals surface area (Å²) in [5.41, 5.74) is 0.859. The Bertz CT molecular complexity index is 432. The van der Waals surface area contributed by atoms with E-state index in [2.05, 4.69) is 14.9 Å². The van der Waals surface area contributed by atoms with E-state index in [4.69, 9.17) is 0 Å². The molecule has 6 heteroatoms. The van der Waals surface area contributed by atoms with Crippen molar-refractivity contribution in [3.05, 3.63) is 18.0 Å². The summed E-state index contributed by atoms with van der Waals surface area (Å²) >= 11 is 0. The molecule has 1 aromatic rings. The van der Waals surface area contributed by atoms with E-state index < -0.39 is 10.0 Å². The van der Waals surface area contributed by atoms with Gasteiger partial charge < -0.3 is 0 Å². The number of hydrogen-bond acceptors (Lipinski definition) is 3. The topological polar surface area (TPSA) is 74.8 Å². The van der Waals surface area contributed by atoms with Crippen LogP contribution in [0.25, 0.3) is 0 Å².